The van der Waals surface area contributed by atoms with E-state index in [9.17, 15) is 0 Å². The fourth-order valence-electron chi connectivity index (χ4n) is 3.51. The molecule has 0 spiro atoms. The van der Waals surface area contributed by atoms with E-state index >= 15 is 0 Å². The zero-order valence-electron chi connectivity index (χ0n) is 10.5. The van der Waals surface area contributed by atoms with Crippen molar-refractivity contribution in [2.75, 3.05) is 33.4 Å². The first-order valence-electron chi connectivity index (χ1n) is 6.32. The van der Waals surface area contributed by atoms with Crippen molar-refractivity contribution in [1.29, 1.82) is 0 Å². The van der Waals surface area contributed by atoms with Gasteiger partial charge in [-0.15, -0.1) is 0 Å². The summed E-state index contributed by atoms with van der Waals surface area (Å²) >= 11 is 0. The number of rotatable bonds is 0. The van der Waals surface area contributed by atoms with Crippen molar-refractivity contribution in [2.24, 2.45) is 10.8 Å². The van der Waals surface area contributed by atoms with Crippen molar-refractivity contribution in [1.82, 2.24) is 4.90 Å². The molecule has 15 heavy (non-hydrogen) atoms. The van der Waals surface area contributed by atoms with Crippen LogP contribution in [0.4, 0.5) is 0 Å². The van der Waals surface area contributed by atoms with Crippen molar-refractivity contribution in [2.45, 2.75) is 39.5 Å². The van der Waals surface area contributed by atoms with Crippen LogP contribution in [0.5, 0.6) is 0 Å². The summed E-state index contributed by atoms with van der Waals surface area (Å²) in [6, 6.07) is 0. The van der Waals surface area contributed by atoms with E-state index in [0.29, 0.717) is 10.8 Å². The topological polar surface area (TPSA) is 12.5 Å². The molecule has 0 radical (unpaired) electrons. The summed E-state index contributed by atoms with van der Waals surface area (Å²) in [6.07, 6.45) is 5.18. The molecule has 2 heteroatoms. The van der Waals surface area contributed by atoms with E-state index < -0.39 is 0 Å². The van der Waals surface area contributed by atoms with Gasteiger partial charge in [0.15, 0.2) is 0 Å². The Labute approximate surface area is 94.0 Å². The normalized spacial score (nSPS) is 44.2. The average Bonchev–Trinajstić information content (AvgIpc) is 2.38. The third-order valence-electron chi connectivity index (χ3n) is 4.76. The van der Waals surface area contributed by atoms with Crippen LogP contribution in [0.3, 0.4) is 0 Å². The fraction of sp³-hybridized carbons (Fsp3) is 1.00. The lowest BCUT2D eigenvalue weighted by molar-refractivity contribution is 0.0675. The molecular weight excluding hydrogens is 186 g/mol. The first-order chi connectivity index (χ1) is 7.06. The largest absolute Gasteiger partial charge is 0.381 e. The minimum absolute atomic E-state index is 0.464. The van der Waals surface area contributed by atoms with Crippen LogP contribution in [0.15, 0.2) is 0 Å². The van der Waals surface area contributed by atoms with Gasteiger partial charge in [-0.05, 0) is 37.1 Å². The highest BCUT2D eigenvalue weighted by atomic mass is 16.5. The summed E-state index contributed by atoms with van der Waals surface area (Å²) in [5.74, 6) is 0. The number of hydrogen-bond acceptors (Lipinski definition) is 2. The van der Waals surface area contributed by atoms with Crippen molar-refractivity contribution in [3.8, 4) is 0 Å². The first-order valence-corrected chi connectivity index (χ1v) is 6.32. The molecule has 2 unspecified atom stereocenters. The van der Waals surface area contributed by atoms with E-state index in [-0.39, 0.29) is 0 Å². The lowest BCUT2D eigenvalue weighted by Crippen LogP contribution is -2.36. The monoisotopic (exact) mass is 211 g/mol. The maximum atomic E-state index is 5.69. The third-order valence-corrected chi connectivity index (χ3v) is 4.76. The Bertz CT molecular complexity index is 209. The van der Waals surface area contributed by atoms with Gasteiger partial charge < -0.3 is 9.64 Å². The molecule has 2 fully saturated rings. The molecule has 2 aliphatic heterocycles. The van der Waals surface area contributed by atoms with Gasteiger partial charge in [0.1, 0.15) is 0 Å². The minimum atomic E-state index is 0.464. The molecule has 2 heterocycles. The van der Waals surface area contributed by atoms with Crippen molar-refractivity contribution in [3.05, 3.63) is 0 Å². The smallest absolute Gasteiger partial charge is 0.0471 e. The Hall–Kier alpha value is -0.0800. The molecule has 0 aromatic rings. The molecule has 2 atom stereocenters. The molecule has 2 saturated heterocycles. The van der Waals surface area contributed by atoms with Crippen LogP contribution in [0.2, 0.25) is 0 Å². The Kier molecular flexibility index (Phi) is 3.09. The Morgan fingerprint density at radius 3 is 2.33 bits per heavy atom. The standard InChI is InChI=1S/C13H25NO/c1-12-6-4-5-8-15-9-7-13(12,2)11-14(3)10-12/h4-11H2,1-3H3. The molecule has 2 nitrogen and oxygen atoms in total. The van der Waals surface area contributed by atoms with Gasteiger partial charge in [-0.1, -0.05) is 20.3 Å². The zero-order chi connectivity index (χ0) is 10.9. The number of ether oxygens (including phenoxy) is 1. The second kappa shape index (κ2) is 4.06. The zero-order valence-corrected chi connectivity index (χ0v) is 10.5. The Morgan fingerprint density at radius 2 is 1.60 bits per heavy atom. The molecular formula is C13H25NO. The van der Waals surface area contributed by atoms with Crippen LogP contribution in [0.25, 0.3) is 0 Å². The number of fused-ring (bicyclic) bond motifs is 1. The van der Waals surface area contributed by atoms with Gasteiger partial charge in [0.2, 0.25) is 0 Å². The summed E-state index contributed by atoms with van der Waals surface area (Å²) < 4.78 is 5.69. The molecule has 2 aliphatic rings. The van der Waals surface area contributed by atoms with Gasteiger partial charge in [-0.3, -0.25) is 0 Å². The second-order valence-corrected chi connectivity index (χ2v) is 6.11. The van der Waals surface area contributed by atoms with E-state index in [4.69, 9.17) is 4.74 Å². The van der Waals surface area contributed by atoms with Crippen LogP contribution < -0.4 is 0 Å². The maximum absolute atomic E-state index is 5.69. The van der Waals surface area contributed by atoms with Gasteiger partial charge >= 0.3 is 0 Å². The molecule has 0 N–H and O–H groups in total. The van der Waals surface area contributed by atoms with Crippen LogP contribution in [-0.2, 0) is 4.74 Å². The third kappa shape index (κ3) is 2.07. The van der Waals surface area contributed by atoms with E-state index in [1.807, 2.05) is 0 Å². The predicted molar refractivity (Wildman–Crippen MR) is 63.0 cm³/mol. The predicted octanol–water partition coefficient (Wildman–Crippen LogP) is 2.54. The second-order valence-electron chi connectivity index (χ2n) is 6.11. The van der Waals surface area contributed by atoms with E-state index in [0.717, 1.165) is 13.2 Å². The lowest BCUT2D eigenvalue weighted by atomic mass is 9.64. The summed E-state index contributed by atoms with van der Waals surface area (Å²) in [7, 11) is 2.26. The quantitative estimate of drug-likeness (QED) is 0.610. The highest BCUT2D eigenvalue weighted by Crippen LogP contribution is 2.51. The number of likely N-dealkylation sites (tertiary alicyclic amines) is 1. The number of nitrogens with zero attached hydrogens (tertiary/aromatic N) is 1. The van der Waals surface area contributed by atoms with Crippen LogP contribution >= 0.6 is 0 Å². The van der Waals surface area contributed by atoms with Crippen molar-refractivity contribution < 1.29 is 4.74 Å². The Morgan fingerprint density at radius 1 is 0.933 bits per heavy atom. The molecule has 0 saturated carbocycles. The summed E-state index contributed by atoms with van der Waals surface area (Å²) in [6.45, 7) is 9.39. The van der Waals surface area contributed by atoms with Crippen LogP contribution in [-0.4, -0.2) is 38.3 Å². The molecule has 2 rings (SSSR count). The highest BCUT2D eigenvalue weighted by molar-refractivity contribution is 5.01. The van der Waals surface area contributed by atoms with Crippen LogP contribution in [0, 0.1) is 10.8 Å². The fourth-order valence-corrected chi connectivity index (χ4v) is 3.51. The van der Waals surface area contributed by atoms with E-state index in [1.54, 1.807) is 0 Å². The van der Waals surface area contributed by atoms with E-state index in [1.165, 1.54) is 38.8 Å². The molecule has 0 aromatic carbocycles. The maximum Gasteiger partial charge on any atom is 0.0471 e. The van der Waals surface area contributed by atoms with E-state index in [2.05, 4.69) is 25.8 Å². The first kappa shape index (κ1) is 11.4. The summed E-state index contributed by atoms with van der Waals surface area (Å²) in [4.78, 5) is 2.50. The molecule has 88 valence electrons. The molecule has 0 aromatic heterocycles. The summed E-state index contributed by atoms with van der Waals surface area (Å²) in [5, 5.41) is 0. The highest BCUT2D eigenvalue weighted by Gasteiger charge is 2.49. The van der Waals surface area contributed by atoms with Gasteiger partial charge in [0.25, 0.3) is 0 Å². The number of hydrogen-bond donors (Lipinski definition) is 0. The minimum Gasteiger partial charge on any atom is -0.381 e. The Balaban J connectivity index is 2.16. The molecule has 0 bridgehead atoms. The molecule has 0 aliphatic carbocycles. The SMILES string of the molecule is CN1CC2(C)CCCCOCCC2(C)C1. The average molecular weight is 211 g/mol. The molecule has 0 amide bonds. The van der Waals surface area contributed by atoms with Gasteiger partial charge in [-0.2, -0.15) is 0 Å². The lowest BCUT2D eigenvalue weighted by Gasteiger charge is -2.40. The van der Waals surface area contributed by atoms with Crippen LogP contribution in [0.1, 0.15) is 39.5 Å². The van der Waals surface area contributed by atoms with Gasteiger partial charge in [0.05, 0.1) is 0 Å². The van der Waals surface area contributed by atoms with Gasteiger partial charge in [-0.25, -0.2) is 0 Å². The van der Waals surface area contributed by atoms with Crippen molar-refractivity contribution in [3.63, 3.8) is 0 Å². The van der Waals surface area contributed by atoms with Crippen molar-refractivity contribution >= 4 is 0 Å². The van der Waals surface area contributed by atoms with Gasteiger partial charge in [0, 0.05) is 26.3 Å². The summed E-state index contributed by atoms with van der Waals surface area (Å²) in [5.41, 5.74) is 0.974.